The minimum absolute atomic E-state index is 0.0580. The van der Waals surface area contributed by atoms with Crippen molar-refractivity contribution in [2.75, 3.05) is 27.3 Å². The minimum Gasteiger partial charge on any atom is -0.493 e. The van der Waals surface area contributed by atoms with Gasteiger partial charge in [-0.2, -0.15) is 0 Å². The Kier molecular flexibility index (Phi) is 6.11. The number of halogens is 1. The fourth-order valence-electron chi connectivity index (χ4n) is 2.21. The standard InChI is InChI=1S/C18H20FNO3/c1-22-17-8-3-13(11-18(17)23-2)9-10-20-12-16(21)14-4-6-15(19)7-5-14/h3-8,11,20H,9-10,12H2,1-2H3. The van der Waals surface area contributed by atoms with Crippen LogP contribution in [0.4, 0.5) is 4.39 Å². The molecule has 2 aromatic rings. The van der Waals surface area contributed by atoms with Crippen LogP contribution in [0.25, 0.3) is 0 Å². The maximum Gasteiger partial charge on any atom is 0.176 e. The van der Waals surface area contributed by atoms with Gasteiger partial charge in [-0.1, -0.05) is 6.07 Å². The van der Waals surface area contributed by atoms with Gasteiger partial charge in [-0.25, -0.2) is 4.39 Å². The molecule has 0 fully saturated rings. The van der Waals surface area contributed by atoms with Gasteiger partial charge in [0.15, 0.2) is 17.3 Å². The van der Waals surface area contributed by atoms with E-state index in [-0.39, 0.29) is 18.1 Å². The van der Waals surface area contributed by atoms with Gasteiger partial charge >= 0.3 is 0 Å². The summed E-state index contributed by atoms with van der Waals surface area (Å²) in [6.45, 7) is 0.876. The molecule has 2 aromatic carbocycles. The molecule has 0 heterocycles. The van der Waals surface area contributed by atoms with Gasteiger partial charge in [-0.05, 0) is 54.9 Å². The number of hydrogen-bond donors (Lipinski definition) is 1. The van der Waals surface area contributed by atoms with E-state index in [1.54, 1.807) is 14.2 Å². The zero-order valence-electron chi connectivity index (χ0n) is 13.3. The summed E-state index contributed by atoms with van der Waals surface area (Å²) in [6, 6.07) is 11.3. The molecule has 0 saturated carbocycles. The summed E-state index contributed by atoms with van der Waals surface area (Å²) < 4.78 is 23.3. The highest BCUT2D eigenvalue weighted by Gasteiger charge is 2.06. The van der Waals surface area contributed by atoms with Gasteiger partial charge < -0.3 is 14.8 Å². The molecule has 1 N–H and O–H groups in total. The maximum atomic E-state index is 12.8. The lowest BCUT2D eigenvalue weighted by Gasteiger charge is -2.10. The molecule has 0 aliphatic carbocycles. The van der Waals surface area contributed by atoms with Crippen LogP contribution in [-0.4, -0.2) is 33.1 Å². The number of ketones is 1. The molecule has 5 heteroatoms. The number of benzene rings is 2. The Morgan fingerprint density at radius 2 is 1.74 bits per heavy atom. The highest BCUT2D eigenvalue weighted by atomic mass is 19.1. The average molecular weight is 317 g/mol. The monoisotopic (exact) mass is 317 g/mol. The lowest BCUT2D eigenvalue weighted by molar-refractivity contribution is 0.0991. The van der Waals surface area contributed by atoms with Crippen molar-refractivity contribution in [1.29, 1.82) is 0 Å². The summed E-state index contributed by atoms with van der Waals surface area (Å²) in [7, 11) is 3.20. The van der Waals surface area contributed by atoms with E-state index in [1.807, 2.05) is 18.2 Å². The number of methoxy groups -OCH3 is 2. The summed E-state index contributed by atoms with van der Waals surface area (Å²) >= 11 is 0. The van der Waals surface area contributed by atoms with Crippen LogP contribution in [0.2, 0.25) is 0 Å². The molecule has 0 aliphatic heterocycles. The molecule has 0 spiro atoms. The van der Waals surface area contributed by atoms with E-state index in [4.69, 9.17) is 9.47 Å². The Hall–Kier alpha value is -2.40. The maximum absolute atomic E-state index is 12.8. The molecule has 0 aliphatic rings. The minimum atomic E-state index is -0.344. The zero-order chi connectivity index (χ0) is 16.7. The second kappa shape index (κ2) is 8.29. The summed E-state index contributed by atoms with van der Waals surface area (Å²) in [6.07, 6.45) is 0.761. The van der Waals surface area contributed by atoms with Gasteiger partial charge in [0.1, 0.15) is 5.82 Å². The van der Waals surface area contributed by atoms with E-state index in [9.17, 15) is 9.18 Å². The SMILES string of the molecule is COc1ccc(CCNCC(=O)c2ccc(F)cc2)cc1OC. The molecular weight excluding hydrogens is 297 g/mol. The third kappa shape index (κ3) is 4.79. The van der Waals surface area contributed by atoms with Crippen molar-refractivity contribution in [2.45, 2.75) is 6.42 Å². The van der Waals surface area contributed by atoms with Crippen LogP contribution in [0.3, 0.4) is 0 Å². The predicted octanol–water partition coefficient (Wildman–Crippen LogP) is 2.86. The van der Waals surface area contributed by atoms with Crippen molar-refractivity contribution in [1.82, 2.24) is 5.32 Å². The predicted molar refractivity (Wildman–Crippen MR) is 86.9 cm³/mol. The molecule has 0 bridgehead atoms. The van der Waals surface area contributed by atoms with Gasteiger partial charge in [0.25, 0.3) is 0 Å². The number of hydrogen-bond acceptors (Lipinski definition) is 4. The molecule has 0 saturated heterocycles. The summed E-state index contributed by atoms with van der Waals surface area (Å²) in [5, 5.41) is 3.10. The number of carbonyl (C=O) groups is 1. The van der Waals surface area contributed by atoms with Crippen molar-refractivity contribution in [3.63, 3.8) is 0 Å². The first kappa shape index (κ1) is 17.0. The number of Topliss-reactive ketones (excluding diaryl/α,β-unsaturated/α-hetero) is 1. The van der Waals surface area contributed by atoms with Crippen LogP contribution in [0.5, 0.6) is 11.5 Å². The molecule has 0 atom stereocenters. The van der Waals surface area contributed by atoms with Gasteiger partial charge in [0.2, 0.25) is 0 Å². The van der Waals surface area contributed by atoms with Gasteiger partial charge in [0.05, 0.1) is 20.8 Å². The van der Waals surface area contributed by atoms with Crippen LogP contribution >= 0.6 is 0 Å². The first-order valence-electron chi connectivity index (χ1n) is 7.34. The summed E-state index contributed by atoms with van der Waals surface area (Å²) in [5.41, 5.74) is 1.59. The van der Waals surface area contributed by atoms with Crippen molar-refractivity contribution in [3.8, 4) is 11.5 Å². The van der Waals surface area contributed by atoms with Gasteiger partial charge in [-0.15, -0.1) is 0 Å². The van der Waals surface area contributed by atoms with Crippen molar-refractivity contribution in [2.24, 2.45) is 0 Å². The molecule has 0 radical (unpaired) electrons. The second-order valence-corrected chi connectivity index (χ2v) is 5.05. The first-order valence-corrected chi connectivity index (χ1v) is 7.34. The Labute approximate surface area is 135 Å². The second-order valence-electron chi connectivity index (χ2n) is 5.05. The van der Waals surface area contributed by atoms with Crippen molar-refractivity contribution < 1.29 is 18.7 Å². The third-order valence-corrected chi connectivity index (χ3v) is 3.49. The smallest absolute Gasteiger partial charge is 0.176 e. The Morgan fingerprint density at radius 1 is 1.04 bits per heavy atom. The van der Waals surface area contributed by atoms with E-state index in [1.165, 1.54) is 24.3 Å². The fourth-order valence-corrected chi connectivity index (χ4v) is 2.21. The molecule has 122 valence electrons. The Bertz CT molecular complexity index is 656. The highest BCUT2D eigenvalue weighted by Crippen LogP contribution is 2.27. The van der Waals surface area contributed by atoms with Crippen LogP contribution in [-0.2, 0) is 6.42 Å². The quantitative estimate of drug-likeness (QED) is 0.601. The molecule has 0 amide bonds. The van der Waals surface area contributed by atoms with Crippen molar-refractivity contribution in [3.05, 3.63) is 59.4 Å². The van der Waals surface area contributed by atoms with E-state index in [2.05, 4.69) is 5.32 Å². The fraction of sp³-hybridized carbons (Fsp3) is 0.278. The molecule has 23 heavy (non-hydrogen) atoms. The summed E-state index contributed by atoms with van der Waals surface area (Å²) in [5.74, 6) is 0.975. The molecule has 4 nitrogen and oxygen atoms in total. The molecular formula is C18H20FNO3. The Morgan fingerprint density at radius 3 is 2.39 bits per heavy atom. The first-order chi connectivity index (χ1) is 11.1. The molecule has 0 aromatic heterocycles. The molecule has 0 unspecified atom stereocenters. The highest BCUT2D eigenvalue weighted by molar-refractivity contribution is 5.97. The Balaban J connectivity index is 1.81. The van der Waals surface area contributed by atoms with Crippen LogP contribution in [0, 0.1) is 5.82 Å². The third-order valence-electron chi connectivity index (χ3n) is 3.49. The summed E-state index contributed by atoms with van der Waals surface area (Å²) in [4.78, 5) is 11.9. The largest absolute Gasteiger partial charge is 0.493 e. The topological polar surface area (TPSA) is 47.6 Å². The van der Waals surface area contributed by atoms with E-state index >= 15 is 0 Å². The van der Waals surface area contributed by atoms with Gasteiger partial charge in [-0.3, -0.25) is 4.79 Å². The number of ether oxygens (including phenoxy) is 2. The number of carbonyl (C=O) groups excluding carboxylic acids is 1. The normalized spacial score (nSPS) is 10.4. The van der Waals surface area contributed by atoms with Crippen LogP contribution in [0.1, 0.15) is 15.9 Å². The van der Waals surface area contributed by atoms with Crippen LogP contribution in [0.15, 0.2) is 42.5 Å². The average Bonchev–Trinajstić information content (AvgIpc) is 2.58. The molecule has 2 rings (SSSR count). The lowest BCUT2D eigenvalue weighted by atomic mass is 10.1. The number of rotatable bonds is 8. The van der Waals surface area contributed by atoms with E-state index < -0.39 is 0 Å². The lowest BCUT2D eigenvalue weighted by Crippen LogP contribution is -2.25. The van der Waals surface area contributed by atoms with Crippen molar-refractivity contribution >= 4 is 5.78 Å². The zero-order valence-corrected chi connectivity index (χ0v) is 13.3. The van der Waals surface area contributed by atoms with E-state index in [0.29, 0.717) is 23.6 Å². The number of nitrogens with one attached hydrogen (secondary N) is 1. The van der Waals surface area contributed by atoms with E-state index in [0.717, 1.165) is 12.0 Å². The van der Waals surface area contributed by atoms with Crippen LogP contribution < -0.4 is 14.8 Å². The van der Waals surface area contributed by atoms with Gasteiger partial charge in [0, 0.05) is 5.56 Å².